The van der Waals surface area contributed by atoms with E-state index in [2.05, 4.69) is 9.82 Å². The van der Waals surface area contributed by atoms with Crippen LogP contribution < -0.4 is 4.72 Å². The molecule has 1 N–H and O–H groups in total. The number of nitrogens with one attached hydrogen (secondary N) is 1. The Morgan fingerprint density at radius 2 is 1.86 bits per heavy atom. The smallest absolute Gasteiger partial charge is 0.272 e. The average molecular weight is 326 g/mol. The van der Waals surface area contributed by atoms with Gasteiger partial charge in [0.05, 0.1) is 5.69 Å². The number of aryl methyl sites for hydroxylation is 2. The summed E-state index contributed by atoms with van der Waals surface area (Å²) in [7, 11) is -1.92. The van der Waals surface area contributed by atoms with Gasteiger partial charge in [-0.2, -0.15) is 17.8 Å². The molecule has 0 unspecified atom stereocenters. The molecule has 122 valence electrons. The summed E-state index contributed by atoms with van der Waals surface area (Å²) in [5.74, 6) is -0.645. The van der Waals surface area contributed by atoms with Crippen molar-refractivity contribution < 1.29 is 13.2 Å². The molecule has 1 aromatic rings. The quantitative estimate of drug-likeness (QED) is 0.833. The Hall–Kier alpha value is -1.67. The molecule has 0 spiro atoms. The van der Waals surface area contributed by atoms with Gasteiger partial charge in [-0.05, 0) is 32.8 Å². The standard InChI is InChI=1S/C14H22N4O3S/c1-11-13(12(2)17(3)15-11)7-8-14(19)16-22(20,21)18-9-5-4-6-10-18/h7-8H,4-6,9-10H2,1-3H3,(H,16,19)/b8-7-. The van der Waals surface area contributed by atoms with Gasteiger partial charge in [0.15, 0.2) is 0 Å². The zero-order valence-electron chi connectivity index (χ0n) is 13.2. The third kappa shape index (κ3) is 3.75. The molecule has 2 heterocycles. The first-order valence-corrected chi connectivity index (χ1v) is 8.75. The molecule has 7 nitrogen and oxygen atoms in total. The maximum absolute atomic E-state index is 12.1. The van der Waals surface area contributed by atoms with Gasteiger partial charge in [-0.15, -0.1) is 0 Å². The highest BCUT2D eigenvalue weighted by molar-refractivity contribution is 7.87. The molecule has 0 radical (unpaired) electrons. The minimum atomic E-state index is -3.74. The summed E-state index contributed by atoms with van der Waals surface area (Å²) in [4.78, 5) is 11.9. The van der Waals surface area contributed by atoms with Crippen molar-refractivity contribution in [1.29, 1.82) is 0 Å². The van der Waals surface area contributed by atoms with Crippen LogP contribution in [-0.2, 0) is 22.1 Å². The zero-order chi connectivity index (χ0) is 16.3. The van der Waals surface area contributed by atoms with Gasteiger partial charge in [-0.1, -0.05) is 6.42 Å². The van der Waals surface area contributed by atoms with Crippen molar-refractivity contribution in [2.45, 2.75) is 33.1 Å². The van der Waals surface area contributed by atoms with E-state index in [9.17, 15) is 13.2 Å². The van der Waals surface area contributed by atoms with Gasteiger partial charge in [-0.25, -0.2) is 4.72 Å². The van der Waals surface area contributed by atoms with E-state index in [1.54, 1.807) is 10.8 Å². The van der Waals surface area contributed by atoms with Crippen LogP contribution in [0.4, 0.5) is 0 Å². The predicted octanol–water partition coefficient (Wildman–Crippen LogP) is 0.897. The molecule has 1 aliphatic rings. The fourth-order valence-corrected chi connectivity index (χ4v) is 3.71. The van der Waals surface area contributed by atoms with E-state index < -0.39 is 16.1 Å². The molecule has 1 fully saturated rings. The number of rotatable bonds is 4. The van der Waals surface area contributed by atoms with Crippen LogP contribution in [-0.4, -0.2) is 41.5 Å². The number of hydrogen-bond acceptors (Lipinski definition) is 4. The lowest BCUT2D eigenvalue weighted by Crippen LogP contribution is -2.45. The van der Waals surface area contributed by atoms with Crippen molar-refractivity contribution in [1.82, 2.24) is 18.8 Å². The van der Waals surface area contributed by atoms with Gasteiger partial charge < -0.3 is 0 Å². The number of carbonyl (C=O) groups is 1. The summed E-state index contributed by atoms with van der Waals surface area (Å²) in [5.41, 5.74) is 2.54. The van der Waals surface area contributed by atoms with E-state index in [4.69, 9.17) is 0 Å². The van der Waals surface area contributed by atoms with Gasteiger partial charge in [-0.3, -0.25) is 9.48 Å². The minimum Gasteiger partial charge on any atom is -0.272 e. The van der Waals surface area contributed by atoms with Gasteiger partial charge in [0, 0.05) is 37.5 Å². The first kappa shape index (κ1) is 16.7. The summed E-state index contributed by atoms with van der Waals surface area (Å²) in [6.45, 7) is 4.66. The zero-order valence-corrected chi connectivity index (χ0v) is 14.0. The molecular formula is C14H22N4O3S. The Morgan fingerprint density at radius 1 is 1.23 bits per heavy atom. The second-order valence-electron chi connectivity index (χ2n) is 5.47. The SMILES string of the molecule is Cc1nn(C)c(C)c1/C=C\C(=O)NS(=O)(=O)N1CCCCC1. The van der Waals surface area contributed by atoms with Gasteiger partial charge in [0.25, 0.3) is 5.91 Å². The molecule has 0 bridgehead atoms. The second-order valence-corrected chi connectivity index (χ2v) is 7.14. The van der Waals surface area contributed by atoms with Gasteiger partial charge in [0.2, 0.25) is 0 Å². The summed E-state index contributed by atoms with van der Waals surface area (Å²) in [6.07, 6.45) is 5.52. The molecule has 8 heteroatoms. The first-order valence-electron chi connectivity index (χ1n) is 7.31. The number of amides is 1. The van der Waals surface area contributed by atoms with Crippen molar-refractivity contribution in [2.24, 2.45) is 7.05 Å². The van der Waals surface area contributed by atoms with Crippen LogP contribution >= 0.6 is 0 Å². The Morgan fingerprint density at radius 3 is 2.41 bits per heavy atom. The molecule has 2 rings (SSSR count). The largest absolute Gasteiger partial charge is 0.304 e. The molecule has 1 aromatic heterocycles. The number of piperidine rings is 1. The Kier molecular flexibility index (Phi) is 5.02. The third-order valence-electron chi connectivity index (χ3n) is 3.85. The number of nitrogens with zero attached hydrogens (tertiary/aromatic N) is 3. The topological polar surface area (TPSA) is 84.3 Å². The third-order valence-corrected chi connectivity index (χ3v) is 5.36. The summed E-state index contributed by atoms with van der Waals surface area (Å²) < 4.78 is 29.3. The minimum absolute atomic E-state index is 0.465. The van der Waals surface area contributed by atoms with Crippen LogP contribution in [0.5, 0.6) is 0 Å². The Bertz CT molecular complexity index is 685. The maximum Gasteiger partial charge on any atom is 0.304 e. The monoisotopic (exact) mass is 326 g/mol. The van der Waals surface area contributed by atoms with Crippen LogP contribution in [0.1, 0.15) is 36.2 Å². The summed E-state index contributed by atoms with van der Waals surface area (Å²) >= 11 is 0. The molecule has 1 saturated heterocycles. The molecular weight excluding hydrogens is 304 g/mol. The molecule has 0 aliphatic carbocycles. The molecule has 1 aliphatic heterocycles. The van der Waals surface area contributed by atoms with Crippen LogP contribution in [0, 0.1) is 13.8 Å². The van der Waals surface area contributed by atoms with E-state index >= 15 is 0 Å². The van der Waals surface area contributed by atoms with Gasteiger partial charge in [0.1, 0.15) is 0 Å². The van der Waals surface area contributed by atoms with Crippen molar-refractivity contribution in [3.63, 3.8) is 0 Å². The number of hydrogen-bond donors (Lipinski definition) is 1. The number of carbonyl (C=O) groups excluding carboxylic acids is 1. The van der Waals surface area contributed by atoms with Crippen LogP contribution in [0.15, 0.2) is 6.08 Å². The molecule has 0 atom stereocenters. The number of aromatic nitrogens is 2. The van der Waals surface area contributed by atoms with Crippen molar-refractivity contribution in [2.75, 3.05) is 13.1 Å². The average Bonchev–Trinajstić information content (AvgIpc) is 2.71. The lowest BCUT2D eigenvalue weighted by molar-refractivity contribution is -0.114. The fourth-order valence-electron chi connectivity index (χ4n) is 2.52. The molecule has 0 aromatic carbocycles. The molecule has 0 saturated carbocycles. The normalized spacial score (nSPS) is 17.0. The van der Waals surface area contributed by atoms with Crippen molar-refractivity contribution in [3.05, 3.63) is 23.0 Å². The maximum atomic E-state index is 12.1. The second kappa shape index (κ2) is 6.62. The Labute approximate surface area is 131 Å². The van der Waals surface area contributed by atoms with Crippen LogP contribution in [0.25, 0.3) is 6.08 Å². The summed E-state index contributed by atoms with van der Waals surface area (Å²) in [5, 5.41) is 4.24. The highest BCUT2D eigenvalue weighted by atomic mass is 32.2. The Balaban J connectivity index is 2.04. The van der Waals surface area contributed by atoms with E-state index in [0.717, 1.165) is 36.2 Å². The highest BCUT2D eigenvalue weighted by Gasteiger charge is 2.24. The van der Waals surface area contributed by atoms with Crippen LogP contribution in [0.3, 0.4) is 0 Å². The molecule has 22 heavy (non-hydrogen) atoms. The van der Waals surface area contributed by atoms with E-state index in [1.807, 2.05) is 20.9 Å². The van der Waals surface area contributed by atoms with Crippen LogP contribution in [0.2, 0.25) is 0 Å². The van der Waals surface area contributed by atoms with Gasteiger partial charge >= 0.3 is 10.2 Å². The molecule has 1 amide bonds. The lowest BCUT2D eigenvalue weighted by Gasteiger charge is -2.25. The summed E-state index contributed by atoms with van der Waals surface area (Å²) in [6, 6.07) is 0. The van der Waals surface area contributed by atoms with E-state index in [-0.39, 0.29) is 0 Å². The van der Waals surface area contributed by atoms with Crippen molar-refractivity contribution >= 4 is 22.2 Å². The first-order chi connectivity index (χ1) is 10.3. The van der Waals surface area contributed by atoms with E-state index in [0.29, 0.717) is 13.1 Å². The lowest BCUT2D eigenvalue weighted by atomic mass is 10.2. The predicted molar refractivity (Wildman–Crippen MR) is 84.2 cm³/mol. The van der Waals surface area contributed by atoms with Crippen molar-refractivity contribution in [3.8, 4) is 0 Å². The highest BCUT2D eigenvalue weighted by Crippen LogP contribution is 2.14. The van der Waals surface area contributed by atoms with E-state index in [1.165, 1.54) is 10.4 Å². The fraction of sp³-hybridized carbons (Fsp3) is 0.571.